The summed E-state index contributed by atoms with van der Waals surface area (Å²) in [4.78, 5) is 23.2. The number of carboxylic acid groups (broad SMARTS) is 1. The molecule has 1 amide bonds. The molecule has 0 radical (unpaired) electrons. The van der Waals surface area contributed by atoms with Gasteiger partial charge in [0.15, 0.2) is 0 Å². The normalized spacial score (nSPS) is 13.6. The Morgan fingerprint density at radius 2 is 1.79 bits per heavy atom. The summed E-state index contributed by atoms with van der Waals surface area (Å²) in [6.07, 6.45) is 2.53. The van der Waals surface area contributed by atoms with E-state index in [2.05, 4.69) is 19.2 Å². The minimum absolute atomic E-state index is 0. The molecule has 0 atom stereocenters. The first-order chi connectivity index (χ1) is 11.0. The molecular weight excluding hydrogens is 317 g/mol. The van der Waals surface area contributed by atoms with Crippen molar-refractivity contribution in [1.82, 2.24) is 0 Å². The van der Waals surface area contributed by atoms with E-state index in [1.807, 2.05) is 0 Å². The molecule has 1 aromatic carbocycles. The molecule has 24 heavy (non-hydrogen) atoms. The van der Waals surface area contributed by atoms with Crippen molar-refractivity contribution >= 4 is 17.6 Å². The fourth-order valence-electron chi connectivity index (χ4n) is 2.47. The Hall–Kier alpha value is -1.30. The van der Waals surface area contributed by atoms with E-state index in [4.69, 9.17) is 4.74 Å². The molecule has 6 heteroatoms. The molecule has 2 rings (SSSR count). The van der Waals surface area contributed by atoms with Crippen LogP contribution in [-0.4, -0.2) is 18.5 Å². The molecule has 1 aromatic rings. The van der Waals surface area contributed by atoms with Gasteiger partial charge in [-0.25, -0.2) is 0 Å². The van der Waals surface area contributed by atoms with Crippen LogP contribution in [-0.2, 0) is 9.59 Å². The van der Waals surface area contributed by atoms with Gasteiger partial charge >= 0.3 is 29.6 Å². The fraction of sp³-hybridized carbons (Fsp3) is 0.444. The average molecular weight is 339 g/mol. The van der Waals surface area contributed by atoms with E-state index < -0.39 is 5.97 Å². The smallest absolute Gasteiger partial charge is 0.545 e. The Balaban J connectivity index is 0.00000288. The number of ether oxygens (including phenoxy) is 1. The number of carbonyl (C=O) groups is 2. The van der Waals surface area contributed by atoms with Crippen LogP contribution in [0.4, 0.5) is 5.69 Å². The number of anilines is 1. The Morgan fingerprint density at radius 3 is 2.38 bits per heavy atom. The van der Waals surface area contributed by atoms with Crippen molar-refractivity contribution in [1.29, 1.82) is 0 Å². The Labute approximate surface area is 164 Å². The standard InChI is InChI=1S/C18H23NO4.Na/c1-12(2)10-11-23-14-8-6-13(7-9-14)19-17(20)15-4-3-5-16(15)18(21)22;/h6-9,12H,3-5,10-11H2,1-2H3,(H,19,20)(H,21,22);/q;+1/p-1. The van der Waals surface area contributed by atoms with E-state index in [1.165, 1.54) is 0 Å². The minimum Gasteiger partial charge on any atom is -0.545 e. The first kappa shape index (κ1) is 20.7. The van der Waals surface area contributed by atoms with Gasteiger partial charge in [0.2, 0.25) is 0 Å². The van der Waals surface area contributed by atoms with Crippen molar-refractivity contribution < 1.29 is 49.0 Å². The third-order valence-corrected chi connectivity index (χ3v) is 3.81. The summed E-state index contributed by atoms with van der Waals surface area (Å²) in [6.45, 7) is 4.94. The van der Waals surface area contributed by atoms with E-state index in [0.717, 1.165) is 12.2 Å². The van der Waals surface area contributed by atoms with Gasteiger partial charge in [-0.3, -0.25) is 4.79 Å². The second kappa shape index (κ2) is 9.87. The Kier molecular flexibility index (Phi) is 8.53. The zero-order valence-corrected chi connectivity index (χ0v) is 16.6. The molecule has 0 saturated carbocycles. The average Bonchev–Trinajstić information content (AvgIpc) is 2.98. The number of hydrogen-bond donors (Lipinski definition) is 1. The first-order valence-electron chi connectivity index (χ1n) is 7.95. The Bertz CT molecular complexity index is 608. The van der Waals surface area contributed by atoms with Gasteiger partial charge in [-0.05, 0) is 61.4 Å². The summed E-state index contributed by atoms with van der Waals surface area (Å²) < 4.78 is 5.62. The molecule has 0 unspecified atom stereocenters. The third kappa shape index (κ3) is 5.96. The van der Waals surface area contributed by atoms with E-state index in [9.17, 15) is 14.7 Å². The van der Waals surface area contributed by atoms with Crippen LogP contribution in [0.3, 0.4) is 0 Å². The maximum Gasteiger partial charge on any atom is 1.00 e. The number of carboxylic acids is 1. The Morgan fingerprint density at radius 1 is 1.17 bits per heavy atom. The number of rotatable bonds is 7. The molecule has 0 saturated heterocycles. The first-order valence-corrected chi connectivity index (χ1v) is 7.95. The molecule has 0 spiro atoms. The van der Waals surface area contributed by atoms with Crippen molar-refractivity contribution in [2.45, 2.75) is 39.5 Å². The molecule has 5 nitrogen and oxygen atoms in total. The number of carbonyl (C=O) groups excluding carboxylic acids is 2. The van der Waals surface area contributed by atoms with Crippen LogP contribution in [0.25, 0.3) is 0 Å². The van der Waals surface area contributed by atoms with Crippen molar-refractivity contribution in [3.05, 3.63) is 35.4 Å². The van der Waals surface area contributed by atoms with Gasteiger partial charge in [0.25, 0.3) is 5.91 Å². The van der Waals surface area contributed by atoms with Gasteiger partial charge in [0.05, 0.1) is 12.6 Å². The molecule has 0 fully saturated rings. The maximum absolute atomic E-state index is 12.2. The minimum atomic E-state index is -1.25. The van der Waals surface area contributed by atoms with Crippen LogP contribution in [0, 0.1) is 5.92 Å². The van der Waals surface area contributed by atoms with E-state index in [1.54, 1.807) is 24.3 Å². The van der Waals surface area contributed by atoms with Gasteiger partial charge in [-0.15, -0.1) is 0 Å². The second-order valence-electron chi connectivity index (χ2n) is 6.11. The molecular formula is C18H22NNaO4. The largest absolute Gasteiger partial charge is 1.00 e. The number of hydrogen-bond acceptors (Lipinski definition) is 4. The van der Waals surface area contributed by atoms with Gasteiger partial charge in [-0.2, -0.15) is 0 Å². The van der Waals surface area contributed by atoms with Crippen LogP contribution in [0.15, 0.2) is 35.4 Å². The molecule has 124 valence electrons. The van der Waals surface area contributed by atoms with Crippen molar-refractivity contribution in [3.8, 4) is 5.75 Å². The zero-order valence-electron chi connectivity index (χ0n) is 14.6. The van der Waals surface area contributed by atoms with Gasteiger partial charge < -0.3 is 20.0 Å². The summed E-state index contributed by atoms with van der Waals surface area (Å²) in [7, 11) is 0. The van der Waals surface area contributed by atoms with Gasteiger partial charge in [0.1, 0.15) is 5.75 Å². The molecule has 0 aliphatic heterocycles. The van der Waals surface area contributed by atoms with Crippen LogP contribution in [0.2, 0.25) is 0 Å². The predicted octanol–water partition coefficient (Wildman–Crippen LogP) is -0.716. The summed E-state index contributed by atoms with van der Waals surface area (Å²) in [6, 6.07) is 7.07. The summed E-state index contributed by atoms with van der Waals surface area (Å²) >= 11 is 0. The van der Waals surface area contributed by atoms with Crippen molar-refractivity contribution in [3.63, 3.8) is 0 Å². The van der Waals surface area contributed by atoms with Crippen LogP contribution < -0.4 is 44.7 Å². The summed E-state index contributed by atoms with van der Waals surface area (Å²) in [5.41, 5.74) is 1.06. The van der Waals surface area contributed by atoms with Gasteiger partial charge in [0, 0.05) is 11.3 Å². The van der Waals surface area contributed by atoms with E-state index >= 15 is 0 Å². The molecule has 0 bridgehead atoms. The monoisotopic (exact) mass is 339 g/mol. The number of aliphatic carboxylic acids is 1. The number of nitrogens with one attached hydrogen (secondary N) is 1. The fourth-order valence-corrected chi connectivity index (χ4v) is 2.47. The maximum atomic E-state index is 12.2. The van der Waals surface area contributed by atoms with Crippen molar-refractivity contribution in [2.75, 3.05) is 11.9 Å². The van der Waals surface area contributed by atoms with Crippen LogP contribution in [0.1, 0.15) is 39.5 Å². The molecule has 1 N–H and O–H groups in total. The summed E-state index contributed by atoms with van der Waals surface area (Å²) in [5.74, 6) is -0.276. The quantitative estimate of drug-likeness (QED) is 0.666. The molecule has 1 aliphatic rings. The number of benzene rings is 1. The van der Waals surface area contributed by atoms with Crippen molar-refractivity contribution in [2.24, 2.45) is 5.92 Å². The zero-order chi connectivity index (χ0) is 16.8. The SMILES string of the molecule is CC(C)CCOc1ccc(NC(=O)C2=C(C(=O)[O-])CCC2)cc1.[Na+]. The van der Waals surface area contributed by atoms with Gasteiger partial charge in [-0.1, -0.05) is 13.8 Å². The third-order valence-electron chi connectivity index (χ3n) is 3.81. The summed E-state index contributed by atoms with van der Waals surface area (Å²) in [5, 5.41) is 13.7. The van der Waals surface area contributed by atoms with E-state index in [0.29, 0.717) is 43.0 Å². The van der Waals surface area contributed by atoms with Crippen LogP contribution in [0.5, 0.6) is 5.75 Å². The predicted molar refractivity (Wildman–Crippen MR) is 85.9 cm³/mol. The molecule has 1 aliphatic carbocycles. The van der Waals surface area contributed by atoms with Crippen LogP contribution >= 0.6 is 0 Å². The van der Waals surface area contributed by atoms with E-state index in [-0.39, 0.29) is 41.0 Å². The molecule has 0 heterocycles. The number of amides is 1. The second-order valence-corrected chi connectivity index (χ2v) is 6.11. The molecule has 0 aromatic heterocycles. The topological polar surface area (TPSA) is 78.5 Å².